The lowest BCUT2D eigenvalue weighted by molar-refractivity contribution is -0.121. The molecule has 0 aromatic heterocycles. The lowest BCUT2D eigenvalue weighted by Gasteiger charge is -2.38. The van der Waals surface area contributed by atoms with E-state index in [1.807, 2.05) is 7.05 Å². The molecule has 18 heavy (non-hydrogen) atoms. The summed E-state index contributed by atoms with van der Waals surface area (Å²) in [5, 5.41) is 3.44. The molecule has 0 saturated heterocycles. The number of hydrogen-bond acceptors (Lipinski definition) is 2. The molecule has 1 N–H and O–H groups in total. The summed E-state index contributed by atoms with van der Waals surface area (Å²) >= 11 is 0. The molecule has 98 valence electrons. The molecule has 1 saturated carbocycles. The zero-order valence-electron chi connectivity index (χ0n) is 11.5. The molecule has 1 aliphatic carbocycles. The summed E-state index contributed by atoms with van der Waals surface area (Å²) in [7, 11) is 2.00. The van der Waals surface area contributed by atoms with Crippen molar-refractivity contribution < 1.29 is 4.79 Å². The number of carbonyl (C=O) groups is 1. The maximum Gasteiger partial charge on any atom is 0.133 e. The van der Waals surface area contributed by atoms with Gasteiger partial charge in [-0.1, -0.05) is 24.3 Å². The molecule has 2 rings (SSSR count). The van der Waals surface area contributed by atoms with Crippen LogP contribution in [0.2, 0.25) is 0 Å². The molecular formula is C16H23NO. The van der Waals surface area contributed by atoms with Crippen molar-refractivity contribution in [3.63, 3.8) is 0 Å². The van der Waals surface area contributed by atoms with Crippen LogP contribution in [0.1, 0.15) is 36.8 Å². The van der Waals surface area contributed by atoms with Gasteiger partial charge in [0.1, 0.15) is 5.78 Å². The zero-order valence-corrected chi connectivity index (χ0v) is 11.5. The highest BCUT2D eigenvalue weighted by atomic mass is 16.1. The van der Waals surface area contributed by atoms with Gasteiger partial charge in [0.15, 0.2) is 0 Å². The Labute approximate surface area is 110 Å². The lowest BCUT2D eigenvalue weighted by atomic mass is 9.75. The second kappa shape index (κ2) is 6.50. The largest absolute Gasteiger partial charge is 0.310 e. The number of carbonyl (C=O) groups excluding carboxylic acids is 1. The molecule has 0 aliphatic heterocycles. The van der Waals surface area contributed by atoms with Gasteiger partial charge in [-0.2, -0.15) is 0 Å². The van der Waals surface area contributed by atoms with Crippen LogP contribution in [-0.2, 0) is 10.3 Å². The van der Waals surface area contributed by atoms with Gasteiger partial charge in [-0.25, -0.2) is 0 Å². The van der Waals surface area contributed by atoms with E-state index in [-0.39, 0.29) is 5.54 Å². The van der Waals surface area contributed by atoms with E-state index in [0.717, 1.165) is 12.8 Å². The Bertz CT molecular complexity index is 401. The zero-order chi connectivity index (χ0) is 13.6. The van der Waals surface area contributed by atoms with E-state index < -0.39 is 0 Å². The van der Waals surface area contributed by atoms with Gasteiger partial charge in [-0.3, -0.25) is 4.79 Å². The summed E-state index contributed by atoms with van der Waals surface area (Å²) < 4.78 is 0. The molecule has 0 bridgehead atoms. The molecule has 1 aromatic rings. The maximum atomic E-state index is 11.4. The average Bonchev–Trinajstić information content (AvgIpc) is 2.43. The van der Waals surface area contributed by atoms with E-state index >= 15 is 0 Å². The second-order valence-corrected chi connectivity index (χ2v) is 4.69. The third kappa shape index (κ3) is 2.88. The first-order valence-corrected chi connectivity index (χ1v) is 6.45. The molecule has 0 atom stereocenters. The molecule has 0 spiro atoms. The SMILES string of the molecule is C=C.CNC1(c2ccccc2C)CCC(=O)CC1. The third-order valence-corrected chi connectivity index (χ3v) is 3.80. The summed E-state index contributed by atoms with van der Waals surface area (Å²) in [6, 6.07) is 8.47. The Morgan fingerprint density at radius 1 is 1.17 bits per heavy atom. The van der Waals surface area contributed by atoms with E-state index in [1.165, 1.54) is 11.1 Å². The summed E-state index contributed by atoms with van der Waals surface area (Å²) in [5.74, 6) is 0.402. The topological polar surface area (TPSA) is 29.1 Å². The van der Waals surface area contributed by atoms with Crippen LogP contribution in [0.3, 0.4) is 0 Å². The van der Waals surface area contributed by atoms with Crippen molar-refractivity contribution in [3.05, 3.63) is 48.6 Å². The normalized spacial score (nSPS) is 17.8. The van der Waals surface area contributed by atoms with E-state index in [9.17, 15) is 4.79 Å². The Hall–Kier alpha value is -1.41. The standard InChI is InChI=1S/C14H19NO.C2H4/c1-11-5-3-4-6-13(11)14(15-2)9-7-12(16)8-10-14;1-2/h3-6,15H,7-10H2,1-2H3;1-2H2. The van der Waals surface area contributed by atoms with Gasteiger partial charge in [0, 0.05) is 18.4 Å². The molecule has 1 aliphatic rings. The minimum Gasteiger partial charge on any atom is -0.310 e. The fourth-order valence-corrected chi connectivity index (χ4v) is 2.72. The number of hydrogen-bond donors (Lipinski definition) is 1. The Balaban J connectivity index is 0.000000771. The van der Waals surface area contributed by atoms with E-state index in [1.54, 1.807) is 0 Å². The van der Waals surface area contributed by atoms with Gasteiger partial charge in [-0.15, -0.1) is 13.2 Å². The van der Waals surface area contributed by atoms with Crippen LogP contribution in [0, 0.1) is 6.92 Å². The number of rotatable bonds is 2. The van der Waals surface area contributed by atoms with Crippen LogP contribution in [0.15, 0.2) is 37.4 Å². The number of Topliss-reactive ketones (excluding diaryl/α,β-unsaturated/α-hetero) is 1. The van der Waals surface area contributed by atoms with Crippen molar-refractivity contribution in [2.24, 2.45) is 0 Å². The van der Waals surface area contributed by atoms with Crippen molar-refractivity contribution in [3.8, 4) is 0 Å². The van der Waals surface area contributed by atoms with Crippen LogP contribution in [0.5, 0.6) is 0 Å². The van der Waals surface area contributed by atoms with E-state index in [2.05, 4.69) is 49.7 Å². The highest BCUT2D eigenvalue weighted by molar-refractivity contribution is 5.79. The quantitative estimate of drug-likeness (QED) is 0.810. The van der Waals surface area contributed by atoms with Crippen molar-refractivity contribution in [2.75, 3.05) is 7.05 Å². The fourth-order valence-electron chi connectivity index (χ4n) is 2.72. The van der Waals surface area contributed by atoms with Gasteiger partial charge in [0.05, 0.1) is 0 Å². The van der Waals surface area contributed by atoms with Gasteiger partial charge < -0.3 is 5.32 Å². The molecule has 0 amide bonds. The minimum atomic E-state index is 0.0131. The Kier molecular flexibility index (Phi) is 5.29. The van der Waals surface area contributed by atoms with Crippen LogP contribution < -0.4 is 5.32 Å². The highest BCUT2D eigenvalue weighted by Crippen LogP contribution is 2.36. The average molecular weight is 245 g/mol. The highest BCUT2D eigenvalue weighted by Gasteiger charge is 2.35. The predicted molar refractivity (Wildman–Crippen MR) is 76.6 cm³/mol. The van der Waals surface area contributed by atoms with Crippen molar-refractivity contribution >= 4 is 5.78 Å². The first-order chi connectivity index (χ1) is 8.68. The number of ketones is 1. The minimum absolute atomic E-state index is 0.0131. The molecule has 2 heteroatoms. The molecule has 2 nitrogen and oxygen atoms in total. The molecule has 0 unspecified atom stereocenters. The maximum absolute atomic E-state index is 11.4. The summed E-state index contributed by atoms with van der Waals surface area (Å²) in [5.41, 5.74) is 2.68. The summed E-state index contributed by atoms with van der Waals surface area (Å²) in [6.45, 7) is 8.14. The number of benzene rings is 1. The van der Waals surface area contributed by atoms with Gasteiger partial charge in [-0.05, 0) is 37.9 Å². The Morgan fingerprint density at radius 3 is 2.22 bits per heavy atom. The van der Waals surface area contributed by atoms with E-state index in [4.69, 9.17) is 0 Å². The van der Waals surface area contributed by atoms with Crippen molar-refractivity contribution in [2.45, 2.75) is 38.1 Å². The van der Waals surface area contributed by atoms with E-state index in [0.29, 0.717) is 18.6 Å². The smallest absolute Gasteiger partial charge is 0.133 e. The fraction of sp³-hybridized carbons (Fsp3) is 0.438. The molecule has 1 aromatic carbocycles. The monoisotopic (exact) mass is 245 g/mol. The predicted octanol–water partition coefficient (Wildman–Crippen LogP) is 3.36. The summed E-state index contributed by atoms with van der Waals surface area (Å²) in [6.07, 6.45) is 3.25. The van der Waals surface area contributed by atoms with Crippen molar-refractivity contribution in [1.29, 1.82) is 0 Å². The second-order valence-electron chi connectivity index (χ2n) is 4.69. The summed E-state index contributed by atoms with van der Waals surface area (Å²) in [4.78, 5) is 11.4. The first-order valence-electron chi connectivity index (χ1n) is 6.45. The van der Waals surface area contributed by atoms with Crippen LogP contribution >= 0.6 is 0 Å². The third-order valence-electron chi connectivity index (χ3n) is 3.80. The van der Waals surface area contributed by atoms with Gasteiger partial charge in [0.2, 0.25) is 0 Å². The molecular weight excluding hydrogens is 222 g/mol. The van der Waals surface area contributed by atoms with Gasteiger partial charge in [0.25, 0.3) is 0 Å². The van der Waals surface area contributed by atoms with Crippen molar-refractivity contribution in [1.82, 2.24) is 5.32 Å². The van der Waals surface area contributed by atoms with Crippen LogP contribution in [0.4, 0.5) is 0 Å². The number of aryl methyl sites for hydroxylation is 1. The number of nitrogens with one attached hydrogen (secondary N) is 1. The van der Waals surface area contributed by atoms with Crippen LogP contribution in [-0.4, -0.2) is 12.8 Å². The lowest BCUT2D eigenvalue weighted by Crippen LogP contribution is -2.43. The van der Waals surface area contributed by atoms with Crippen LogP contribution in [0.25, 0.3) is 0 Å². The first kappa shape index (κ1) is 14.7. The van der Waals surface area contributed by atoms with Gasteiger partial charge >= 0.3 is 0 Å². The Morgan fingerprint density at radius 2 is 1.72 bits per heavy atom. The molecule has 0 heterocycles. The molecule has 0 radical (unpaired) electrons. The molecule has 1 fully saturated rings.